The zero-order valence-electron chi connectivity index (χ0n) is 19.2. The van der Waals surface area contributed by atoms with Gasteiger partial charge in [0.15, 0.2) is 0 Å². The molecule has 4 fully saturated rings. The Hall–Kier alpha value is -0.160. The summed E-state index contributed by atoms with van der Waals surface area (Å²) in [5.41, 5.74) is 1.12. The van der Waals surface area contributed by atoms with Gasteiger partial charge in [-0.15, -0.1) is 0 Å². The fourth-order valence-corrected chi connectivity index (χ4v) is 5.36. The molecule has 27 heavy (non-hydrogen) atoms. The number of rotatable bonds is 0. The molecule has 4 atom stereocenters. The Labute approximate surface area is 168 Å². The lowest BCUT2D eigenvalue weighted by atomic mass is 9.93. The average molecular weight is 379 g/mol. The minimum atomic E-state index is 0.336. The van der Waals surface area contributed by atoms with Crippen LogP contribution in [0, 0.1) is 0 Å². The molecule has 4 rings (SSSR count). The van der Waals surface area contributed by atoms with Gasteiger partial charge in [-0.05, 0) is 87.0 Å². The molecular weight excluding hydrogens is 332 g/mol. The van der Waals surface area contributed by atoms with E-state index >= 15 is 0 Å². The van der Waals surface area contributed by atoms with E-state index < -0.39 is 0 Å². The summed E-state index contributed by atoms with van der Waals surface area (Å²) in [5.74, 6) is 0. The largest absolute Gasteiger partial charge is 0.310 e. The lowest BCUT2D eigenvalue weighted by molar-refractivity contribution is 0.127. The monoisotopic (exact) mass is 378 g/mol. The van der Waals surface area contributed by atoms with Crippen LogP contribution in [-0.4, -0.2) is 70.7 Å². The maximum atomic E-state index is 3.79. The van der Waals surface area contributed by atoms with E-state index in [1.165, 1.54) is 64.7 Å². The summed E-state index contributed by atoms with van der Waals surface area (Å²) in [7, 11) is 0. The lowest BCUT2D eigenvalue weighted by Gasteiger charge is -2.37. The quantitative estimate of drug-likeness (QED) is 0.674. The summed E-state index contributed by atoms with van der Waals surface area (Å²) in [5, 5.41) is 7.50. The van der Waals surface area contributed by atoms with Crippen molar-refractivity contribution < 1.29 is 0 Å². The number of fused-ring (bicyclic) bond motifs is 4. The fourth-order valence-electron chi connectivity index (χ4n) is 5.36. The summed E-state index contributed by atoms with van der Waals surface area (Å²) >= 11 is 0. The molecule has 4 saturated heterocycles. The first-order valence-electron chi connectivity index (χ1n) is 11.5. The van der Waals surface area contributed by atoms with Crippen LogP contribution in [0.1, 0.15) is 87.0 Å². The second-order valence-electron chi connectivity index (χ2n) is 11.9. The molecule has 0 spiro atoms. The third-order valence-corrected chi connectivity index (χ3v) is 7.39. The van der Waals surface area contributed by atoms with Crippen molar-refractivity contribution in [3.63, 3.8) is 0 Å². The highest BCUT2D eigenvalue weighted by Crippen LogP contribution is 2.32. The van der Waals surface area contributed by atoms with Gasteiger partial charge in [0, 0.05) is 60.9 Å². The highest BCUT2D eigenvalue weighted by atomic mass is 15.2. The first-order valence-corrected chi connectivity index (χ1v) is 11.5. The zero-order chi connectivity index (χ0) is 19.9. The Morgan fingerprint density at radius 2 is 1.30 bits per heavy atom. The molecule has 4 aliphatic rings. The molecule has 158 valence electrons. The molecule has 4 bridgehead atoms. The Bertz CT molecular complexity index is 492. The molecule has 0 amide bonds. The highest BCUT2D eigenvalue weighted by Gasteiger charge is 2.40. The van der Waals surface area contributed by atoms with Gasteiger partial charge in [-0.3, -0.25) is 9.80 Å². The van der Waals surface area contributed by atoms with Gasteiger partial charge >= 0.3 is 0 Å². The first-order chi connectivity index (χ1) is 12.4. The molecule has 4 aliphatic heterocycles. The van der Waals surface area contributed by atoms with Crippen LogP contribution in [0.3, 0.4) is 0 Å². The first kappa shape index (κ1) is 21.5. The summed E-state index contributed by atoms with van der Waals surface area (Å²) in [6.07, 6.45) is 8.17. The van der Waals surface area contributed by atoms with E-state index in [1.54, 1.807) is 0 Å². The van der Waals surface area contributed by atoms with E-state index in [2.05, 4.69) is 68.9 Å². The molecule has 4 nitrogen and oxygen atoms in total. The molecule has 0 aliphatic carbocycles. The maximum Gasteiger partial charge on any atom is 0.0200 e. The van der Waals surface area contributed by atoms with Crippen molar-refractivity contribution in [2.24, 2.45) is 0 Å². The van der Waals surface area contributed by atoms with Gasteiger partial charge in [0.2, 0.25) is 0 Å². The summed E-state index contributed by atoms with van der Waals surface area (Å²) in [4.78, 5) is 5.26. The van der Waals surface area contributed by atoms with Crippen molar-refractivity contribution in [3.8, 4) is 0 Å². The molecule has 0 unspecified atom stereocenters. The van der Waals surface area contributed by atoms with Crippen LogP contribution in [0.5, 0.6) is 0 Å². The summed E-state index contributed by atoms with van der Waals surface area (Å²) < 4.78 is 0. The van der Waals surface area contributed by atoms with E-state index in [0.717, 1.165) is 18.1 Å². The van der Waals surface area contributed by atoms with Gasteiger partial charge in [-0.1, -0.05) is 0 Å². The van der Waals surface area contributed by atoms with Crippen molar-refractivity contribution in [2.75, 3.05) is 26.2 Å². The van der Waals surface area contributed by atoms with Crippen LogP contribution in [0.25, 0.3) is 0 Å². The van der Waals surface area contributed by atoms with Crippen LogP contribution >= 0.6 is 0 Å². The van der Waals surface area contributed by atoms with Crippen molar-refractivity contribution in [1.29, 1.82) is 0 Å². The van der Waals surface area contributed by atoms with E-state index in [0.29, 0.717) is 16.6 Å². The predicted octanol–water partition coefficient (Wildman–Crippen LogP) is 3.61. The van der Waals surface area contributed by atoms with Gasteiger partial charge in [0.25, 0.3) is 0 Å². The van der Waals surface area contributed by atoms with Crippen molar-refractivity contribution in [3.05, 3.63) is 0 Å². The van der Waals surface area contributed by atoms with Gasteiger partial charge < -0.3 is 10.6 Å². The second kappa shape index (κ2) is 7.93. The minimum Gasteiger partial charge on any atom is -0.310 e. The van der Waals surface area contributed by atoms with Gasteiger partial charge in [0.1, 0.15) is 0 Å². The number of likely N-dealkylation sites (tertiary alicyclic amines) is 2. The minimum absolute atomic E-state index is 0.336. The normalized spacial score (nSPS) is 38.1. The number of hydrogen-bond acceptors (Lipinski definition) is 4. The number of hydrogen-bond donors (Lipinski definition) is 2. The van der Waals surface area contributed by atoms with Crippen LogP contribution < -0.4 is 10.6 Å². The van der Waals surface area contributed by atoms with E-state index in [-0.39, 0.29) is 0 Å². The summed E-state index contributed by atoms with van der Waals surface area (Å²) in [6.45, 7) is 21.4. The van der Waals surface area contributed by atoms with Crippen LogP contribution in [-0.2, 0) is 0 Å². The molecular formula is C23H46N4. The van der Waals surface area contributed by atoms with Crippen molar-refractivity contribution in [1.82, 2.24) is 20.4 Å². The molecule has 0 radical (unpaired) electrons. The van der Waals surface area contributed by atoms with Gasteiger partial charge in [0.05, 0.1) is 0 Å². The van der Waals surface area contributed by atoms with Gasteiger partial charge in [-0.2, -0.15) is 0 Å². The Kier molecular flexibility index (Phi) is 6.33. The molecule has 4 heteroatoms. The van der Waals surface area contributed by atoms with E-state index in [4.69, 9.17) is 0 Å². The molecule has 0 saturated carbocycles. The standard InChI is InChI=1S/C12H24N2.C11H22N2/c1-11(2,3)14-8-7-12(4)6-5-10(9-14)13-12;1-11(2,3)13-7-6-9-4-5-10(8-13)12-9/h10,13H,5-9H2,1-4H3;9-10,12H,4-8H2,1-3H3/t10-,12+;9-,10+/m00/s1. The fraction of sp³-hybridized carbons (Fsp3) is 1.00. The van der Waals surface area contributed by atoms with Crippen LogP contribution in [0.4, 0.5) is 0 Å². The Balaban J connectivity index is 0.000000156. The number of nitrogens with one attached hydrogen (secondary N) is 2. The Morgan fingerprint density at radius 1 is 0.704 bits per heavy atom. The van der Waals surface area contributed by atoms with Crippen LogP contribution in [0.2, 0.25) is 0 Å². The van der Waals surface area contributed by atoms with Crippen molar-refractivity contribution >= 4 is 0 Å². The zero-order valence-corrected chi connectivity index (χ0v) is 19.2. The smallest absolute Gasteiger partial charge is 0.0200 e. The summed E-state index contributed by atoms with van der Waals surface area (Å²) in [6, 6.07) is 2.32. The SMILES string of the molecule is CC(C)(C)N1CC[C@@H]2CC[C@H](C1)N2.CC(C)(C)N1CC[C@@]2(C)CC[C@@H](C1)N2. The predicted molar refractivity (Wildman–Crippen MR) is 116 cm³/mol. The van der Waals surface area contributed by atoms with Crippen LogP contribution in [0.15, 0.2) is 0 Å². The molecule has 2 N–H and O–H groups in total. The lowest BCUT2D eigenvalue weighted by Crippen LogP contribution is -2.46. The van der Waals surface area contributed by atoms with E-state index in [9.17, 15) is 0 Å². The average Bonchev–Trinajstić information content (AvgIpc) is 2.97. The second-order valence-corrected chi connectivity index (χ2v) is 11.9. The Morgan fingerprint density at radius 3 is 1.96 bits per heavy atom. The maximum absolute atomic E-state index is 3.79. The number of nitrogens with zero attached hydrogens (tertiary/aromatic N) is 2. The molecule has 4 heterocycles. The molecule has 0 aromatic rings. The molecule has 0 aromatic carbocycles. The van der Waals surface area contributed by atoms with Crippen molar-refractivity contribution in [2.45, 2.75) is 122 Å². The highest BCUT2D eigenvalue weighted by molar-refractivity contribution is 5.00. The topological polar surface area (TPSA) is 30.5 Å². The van der Waals surface area contributed by atoms with E-state index in [1.807, 2.05) is 0 Å². The third kappa shape index (κ3) is 5.68. The van der Waals surface area contributed by atoms with Gasteiger partial charge in [-0.25, -0.2) is 0 Å². The molecule has 0 aromatic heterocycles. The third-order valence-electron chi connectivity index (χ3n) is 7.39.